The molecule has 2 N–H and O–H groups in total. The van der Waals surface area contributed by atoms with Gasteiger partial charge in [-0.2, -0.15) is 0 Å². The van der Waals surface area contributed by atoms with E-state index in [1.807, 2.05) is 6.92 Å². The van der Waals surface area contributed by atoms with E-state index in [4.69, 9.17) is 16.3 Å². The second-order valence-corrected chi connectivity index (χ2v) is 9.31. The highest BCUT2D eigenvalue weighted by molar-refractivity contribution is 7.92. The number of aryl methyl sites for hydroxylation is 1. The molecule has 0 bridgehead atoms. The molecule has 0 saturated carbocycles. The molecule has 10 heteroatoms. The number of carbonyl (C=O) groups is 2. The summed E-state index contributed by atoms with van der Waals surface area (Å²) in [6.45, 7) is 1.21. The van der Waals surface area contributed by atoms with E-state index < -0.39 is 28.4 Å². The smallest absolute Gasteiger partial charge is 0.337 e. The highest BCUT2D eigenvalue weighted by atomic mass is 35.5. The van der Waals surface area contributed by atoms with Crippen LogP contribution in [0.2, 0.25) is 5.02 Å². The van der Waals surface area contributed by atoms with Crippen LogP contribution in [0.5, 0.6) is 5.75 Å². The van der Waals surface area contributed by atoms with E-state index >= 15 is 0 Å². The van der Waals surface area contributed by atoms with Gasteiger partial charge in [0.15, 0.2) is 0 Å². The summed E-state index contributed by atoms with van der Waals surface area (Å²) in [5.41, 5.74) is 0.945. The number of sulfonamides is 1. The van der Waals surface area contributed by atoms with Crippen LogP contribution >= 0.6 is 11.6 Å². The van der Waals surface area contributed by atoms with Crippen LogP contribution in [-0.4, -0.2) is 39.1 Å². The molecule has 0 fully saturated rings. The molecule has 0 atom stereocenters. The number of rotatable bonds is 8. The van der Waals surface area contributed by atoms with Crippen molar-refractivity contribution in [3.8, 4) is 5.75 Å². The quantitative estimate of drug-likeness (QED) is 0.491. The van der Waals surface area contributed by atoms with Crippen LogP contribution in [-0.2, 0) is 14.8 Å². The third kappa shape index (κ3) is 5.44. The summed E-state index contributed by atoms with van der Waals surface area (Å²) >= 11 is 6.20. The van der Waals surface area contributed by atoms with Crippen LogP contribution in [0.25, 0.3) is 0 Å². The molecule has 1 amide bonds. The lowest BCUT2D eigenvalue weighted by molar-refractivity contribution is -0.114. The van der Waals surface area contributed by atoms with Gasteiger partial charge >= 0.3 is 5.97 Å². The number of carboxylic acid groups (broad SMARTS) is 1. The van der Waals surface area contributed by atoms with E-state index in [0.29, 0.717) is 5.75 Å². The molecule has 0 aromatic heterocycles. The minimum Gasteiger partial charge on any atom is -0.495 e. The van der Waals surface area contributed by atoms with Crippen molar-refractivity contribution in [1.82, 2.24) is 0 Å². The van der Waals surface area contributed by atoms with E-state index in [0.717, 1.165) is 9.87 Å². The van der Waals surface area contributed by atoms with E-state index in [1.165, 1.54) is 55.6 Å². The SMILES string of the molecule is COc1ccc(N(CC(=O)Nc2ccccc2C(=O)O)S(=O)(=O)c2ccc(C)cc2)cc1Cl. The van der Waals surface area contributed by atoms with Crippen molar-refractivity contribution < 1.29 is 27.9 Å². The molecule has 0 spiro atoms. The number of aromatic carboxylic acids is 1. The zero-order valence-electron chi connectivity index (χ0n) is 17.8. The number of anilines is 2. The Kier molecular flexibility index (Phi) is 7.25. The summed E-state index contributed by atoms with van der Waals surface area (Å²) in [6.07, 6.45) is 0. The van der Waals surface area contributed by atoms with Crippen LogP contribution in [0.3, 0.4) is 0 Å². The minimum absolute atomic E-state index is 0.0150. The van der Waals surface area contributed by atoms with Gasteiger partial charge in [0.25, 0.3) is 10.0 Å². The molecule has 0 unspecified atom stereocenters. The second kappa shape index (κ2) is 9.93. The number of carbonyl (C=O) groups excluding carboxylic acids is 1. The normalized spacial score (nSPS) is 11.0. The highest BCUT2D eigenvalue weighted by Crippen LogP contribution is 2.32. The van der Waals surface area contributed by atoms with Crippen LogP contribution in [0.4, 0.5) is 11.4 Å². The summed E-state index contributed by atoms with van der Waals surface area (Å²) in [5.74, 6) is -1.61. The Balaban J connectivity index is 2.00. The number of methoxy groups -OCH3 is 1. The lowest BCUT2D eigenvalue weighted by Gasteiger charge is -2.25. The van der Waals surface area contributed by atoms with Gasteiger partial charge in [-0.05, 0) is 49.4 Å². The molecule has 0 radical (unpaired) electrons. The standard InChI is InChI=1S/C23H21ClN2O6S/c1-15-7-10-17(11-8-15)33(30,31)26(16-9-12-21(32-2)19(24)13-16)14-22(27)25-20-6-4-3-5-18(20)23(28)29/h3-13H,14H2,1-2H3,(H,25,27)(H,28,29). The Morgan fingerprint density at radius 3 is 2.33 bits per heavy atom. The van der Waals surface area contributed by atoms with Gasteiger partial charge in [0.2, 0.25) is 5.91 Å². The summed E-state index contributed by atoms with van der Waals surface area (Å²) in [4.78, 5) is 24.3. The van der Waals surface area contributed by atoms with Crippen LogP contribution in [0.15, 0.2) is 71.6 Å². The Morgan fingerprint density at radius 2 is 1.73 bits per heavy atom. The molecule has 3 aromatic carbocycles. The van der Waals surface area contributed by atoms with Crippen molar-refractivity contribution in [3.63, 3.8) is 0 Å². The van der Waals surface area contributed by atoms with Crippen molar-refractivity contribution in [1.29, 1.82) is 0 Å². The Hall–Kier alpha value is -3.56. The topological polar surface area (TPSA) is 113 Å². The van der Waals surface area contributed by atoms with Gasteiger partial charge in [0.1, 0.15) is 12.3 Å². The first-order chi connectivity index (χ1) is 15.6. The van der Waals surface area contributed by atoms with Gasteiger partial charge < -0.3 is 15.2 Å². The molecule has 8 nitrogen and oxygen atoms in total. The van der Waals surface area contributed by atoms with E-state index in [1.54, 1.807) is 18.2 Å². The number of hydrogen-bond donors (Lipinski definition) is 2. The third-order valence-corrected chi connectivity index (χ3v) is 6.83. The fourth-order valence-electron chi connectivity index (χ4n) is 3.06. The molecule has 0 aliphatic rings. The number of nitrogens with zero attached hydrogens (tertiary/aromatic N) is 1. The van der Waals surface area contributed by atoms with Gasteiger partial charge in [-0.15, -0.1) is 0 Å². The van der Waals surface area contributed by atoms with Gasteiger partial charge in [-0.25, -0.2) is 13.2 Å². The van der Waals surface area contributed by atoms with Gasteiger partial charge in [-0.3, -0.25) is 9.10 Å². The molecule has 33 heavy (non-hydrogen) atoms. The fourth-order valence-corrected chi connectivity index (χ4v) is 4.73. The number of amides is 1. The average molecular weight is 489 g/mol. The number of para-hydroxylation sites is 1. The lowest BCUT2D eigenvalue weighted by Crippen LogP contribution is -2.38. The van der Waals surface area contributed by atoms with E-state index in [2.05, 4.69) is 5.32 Å². The number of nitrogens with one attached hydrogen (secondary N) is 1. The molecule has 0 aliphatic heterocycles. The first kappa shape index (κ1) is 24.1. The monoisotopic (exact) mass is 488 g/mol. The number of halogens is 1. The summed E-state index contributed by atoms with van der Waals surface area (Å²) in [5, 5.41) is 12.0. The van der Waals surface area contributed by atoms with Crippen molar-refractivity contribution in [2.45, 2.75) is 11.8 Å². The summed E-state index contributed by atoms with van der Waals surface area (Å²) < 4.78 is 32.9. The maximum Gasteiger partial charge on any atom is 0.337 e. The third-order valence-electron chi connectivity index (χ3n) is 4.75. The van der Waals surface area contributed by atoms with Crippen LogP contribution in [0.1, 0.15) is 15.9 Å². The molecular weight excluding hydrogens is 468 g/mol. The molecule has 3 rings (SSSR count). The largest absolute Gasteiger partial charge is 0.495 e. The Morgan fingerprint density at radius 1 is 1.06 bits per heavy atom. The molecular formula is C23H21ClN2O6S. The van der Waals surface area contributed by atoms with Gasteiger partial charge in [-0.1, -0.05) is 41.4 Å². The maximum atomic E-state index is 13.5. The molecule has 0 aliphatic carbocycles. The second-order valence-electron chi connectivity index (χ2n) is 7.04. The summed E-state index contributed by atoms with van der Waals surface area (Å²) in [7, 11) is -2.74. The number of hydrogen-bond acceptors (Lipinski definition) is 5. The van der Waals surface area contributed by atoms with Crippen molar-refractivity contribution in [2.24, 2.45) is 0 Å². The number of ether oxygens (including phenoxy) is 1. The first-order valence-electron chi connectivity index (χ1n) is 9.68. The van der Waals surface area contributed by atoms with Crippen LogP contribution < -0.4 is 14.4 Å². The van der Waals surface area contributed by atoms with Crippen molar-refractivity contribution in [2.75, 3.05) is 23.3 Å². The molecule has 0 heterocycles. The van der Waals surface area contributed by atoms with Crippen molar-refractivity contribution in [3.05, 3.63) is 82.9 Å². The number of carboxylic acids is 1. The fraction of sp³-hybridized carbons (Fsp3) is 0.130. The zero-order chi connectivity index (χ0) is 24.2. The number of benzene rings is 3. The van der Waals surface area contributed by atoms with E-state index in [-0.39, 0.29) is 26.9 Å². The highest BCUT2D eigenvalue weighted by Gasteiger charge is 2.28. The van der Waals surface area contributed by atoms with Gasteiger partial charge in [0, 0.05) is 0 Å². The molecule has 0 saturated heterocycles. The van der Waals surface area contributed by atoms with Crippen molar-refractivity contribution >= 4 is 44.9 Å². The van der Waals surface area contributed by atoms with E-state index in [9.17, 15) is 23.1 Å². The average Bonchev–Trinajstić information content (AvgIpc) is 2.78. The maximum absolute atomic E-state index is 13.5. The van der Waals surface area contributed by atoms with Gasteiger partial charge in [0.05, 0.1) is 34.0 Å². The lowest BCUT2D eigenvalue weighted by atomic mass is 10.2. The minimum atomic E-state index is -4.16. The first-order valence-corrected chi connectivity index (χ1v) is 11.5. The Labute approximate surface area is 196 Å². The molecule has 172 valence electrons. The predicted molar refractivity (Wildman–Crippen MR) is 126 cm³/mol. The zero-order valence-corrected chi connectivity index (χ0v) is 19.4. The predicted octanol–water partition coefficient (Wildman–Crippen LogP) is 4.19. The molecule has 3 aromatic rings. The van der Waals surface area contributed by atoms with Crippen LogP contribution in [0, 0.1) is 6.92 Å². The Bertz CT molecular complexity index is 1290. The summed E-state index contributed by atoms with van der Waals surface area (Å²) in [6, 6.07) is 16.4.